The van der Waals surface area contributed by atoms with Gasteiger partial charge in [-0.15, -0.1) is 0 Å². The van der Waals surface area contributed by atoms with Crippen LogP contribution >= 0.6 is 15.9 Å². The van der Waals surface area contributed by atoms with Gasteiger partial charge in [-0.25, -0.2) is 9.59 Å². The lowest BCUT2D eigenvalue weighted by molar-refractivity contribution is 0.0690. The molecular formula is C9H5BrN2O4. The van der Waals surface area contributed by atoms with Crippen LogP contribution in [0.1, 0.15) is 10.5 Å². The Kier molecular flexibility index (Phi) is 2.61. The average Bonchev–Trinajstić information content (AvgIpc) is 2.64. The number of carboxylic acid groups (broad SMARTS) is 1. The lowest BCUT2D eigenvalue weighted by Gasteiger charge is -1.97. The van der Waals surface area contributed by atoms with E-state index in [1.54, 1.807) is 12.1 Å². The van der Waals surface area contributed by atoms with Crippen molar-refractivity contribution in [1.82, 2.24) is 9.97 Å². The topological polar surface area (TPSA) is 96.2 Å². The lowest BCUT2D eigenvalue weighted by Crippen LogP contribution is -2.16. The molecule has 0 bridgehead atoms. The third-order valence-corrected chi connectivity index (χ3v) is 2.23. The van der Waals surface area contributed by atoms with Crippen molar-refractivity contribution in [3.63, 3.8) is 0 Å². The van der Waals surface area contributed by atoms with Crippen molar-refractivity contribution in [3.05, 3.63) is 39.0 Å². The Balaban J connectivity index is 2.57. The number of hydrogen-bond donors (Lipinski definition) is 2. The van der Waals surface area contributed by atoms with Gasteiger partial charge in [0.05, 0.1) is 5.69 Å². The summed E-state index contributed by atoms with van der Waals surface area (Å²) in [6.07, 6.45) is 0. The lowest BCUT2D eigenvalue weighted by atomic mass is 10.3. The summed E-state index contributed by atoms with van der Waals surface area (Å²) in [5.41, 5.74) is -0.795. The van der Waals surface area contributed by atoms with Crippen LogP contribution in [0.2, 0.25) is 0 Å². The second-order valence-corrected chi connectivity index (χ2v) is 3.68. The molecule has 0 aliphatic rings. The Morgan fingerprint density at radius 3 is 2.81 bits per heavy atom. The highest BCUT2D eigenvalue weighted by Gasteiger charge is 2.11. The zero-order chi connectivity index (χ0) is 11.7. The van der Waals surface area contributed by atoms with Crippen LogP contribution in [-0.2, 0) is 0 Å². The molecule has 0 aliphatic carbocycles. The Hall–Kier alpha value is -1.89. The zero-order valence-corrected chi connectivity index (χ0v) is 9.32. The van der Waals surface area contributed by atoms with Gasteiger partial charge in [0.2, 0.25) is 0 Å². The van der Waals surface area contributed by atoms with E-state index in [0.29, 0.717) is 10.4 Å². The van der Waals surface area contributed by atoms with E-state index in [1.807, 2.05) is 0 Å². The number of nitrogens with one attached hydrogen (secondary N) is 1. The predicted octanol–water partition coefficient (Wildman–Crippen LogP) is 1.49. The fourth-order valence-corrected chi connectivity index (χ4v) is 1.47. The first kappa shape index (κ1) is 10.6. The van der Waals surface area contributed by atoms with Crippen molar-refractivity contribution >= 4 is 21.9 Å². The Morgan fingerprint density at radius 2 is 2.25 bits per heavy atom. The van der Waals surface area contributed by atoms with Gasteiger partial charge in [0.25, 0.3) is 0 Å². The van der Waals surface area contributed by atoms with Gasteiger partial charge in [0, 0.05) is 0 Å². The summed E-state index contributed by atoms with van der Waals surface area (Å²) < 4.78 is 5.67. The van der Waals surface area contributed by atoms with Crippen molar-refractivity contribution in [2.75, 3.05) is 0 Å². The van der Waals surface area contributed by atoms with E-state index < -0.39 is 11.7 Å². The summed E-state index contributed by atoms with van der Waals surface area (Å²) in [5, 5.41) is 8.73. The van der Waals surface area contributed by atoms with Gasteiger partial charge in [-0.2, -0.15) is 4.98 Å². The third kappa shape index (κ3) is 2.03. The van der Waals surface area contributed by atoms with E-state index in [-0.39, 0.29) is 11.4 Å². The molecule has 7 heteroatoms. The number of carboxylic acids is 1. The van der Waals surface area contributed by atoms with Crippen LogP contribution in [-0.4, -0.2) is 21.0 Å². The molecule has 0 saturated heterocycles. The van der Waals surface area contributed by atoms with Gasteiger partial charge in [-0.3, -0.25) is 0 Å². The van der Waals surface area contributed by atoms with Crippen molar-refractivity contribution in [2.45, 2.75) is 0 Å². The highest BCUT2D eigenvalue weighted by Crippen LogP contribution is 2.22. The molecule has 6 nitrogen and oxygen atoms in total. The van der Waals surface area contributed by atoms with Gasteiger partial charge in [0.1, 0.15) is 0 Å². The Labute approximate surface area is 97.1 Å². The molecule has 82 valence electrons. The average molecular weight is 285 g/mol. The summed E-state index contributed by atoms with van der Waals surface area (Å²) in [7, 11) is 0. The molecule has 0 aromatic carbocycles. The maximum absolute atomic E-state index is 11.1. The molecule has 0 amide bonds. The fourth-order valence-electron chi connectivity index (χ4n) is 1.16. The highest BCUT2D eigenvalue weighted by molar-refractivity contribution is 9.10. The predicted molar refractivity (Wildman–Crippen MR) is 57.2 cm³/mol. The molecule has 0 atom stereocenters. The van der Waals surface area contributed by atoms with Gasteiger partial charge in [-0.05, 0) is 34.1 Å². The van der Waals surface area contributed by atoms with Crippen LogP contribution in [0.15, 0.2) is 32.1 Å². The summed E-state index contributed by atoms with van der Waals surface area (Å²) in [6.45, 7) is 0. The minimum atomic E-state index is -1.27. The second-order valence-electron chi connectivity index (χ2n) is 2.89. The molecule has 2 N–H and O–H groups in total. The van der Waals surface area contributed by atoms with Crippen molar-refractivity contribution in [1.29, 1.82) is 0 Å². The van der Waals surface area contributed by atoms with Gasteiger partial charge in [-0.1, -0.05) is 0 Å². The van der Waals surface area contributed by atoms with Crippen molar-refractivity contribution in [2.24, 2.45) is 0 Å². The maximum atomic E-state index is 11.1. The molecule has 2 rings (SSSR count). The van der Waals surface area contributed by atoms with E-state index in [1.165, 1.54) is 6.07 Å². The van der Waals surface area contributed by atoms with Crippen LogP contribution in [0, 0.1) is 0 Å². The molecule has 16 heavy (non-hydrogen) atoms. The van der Waals surface area contributed by atoms with Crippen LogP contribution in [0.4, 0.5) is 0 Å². The van der Waals surface area contributed by atoms with Crippen molar-refractivity contribution < 1.29 is 14.3 Å². The van der Waals surface area contributed by atoms with E-state index in [2.05, 4.69) is 25.9 Å². The number of aromatic carboxylic acids is 1. The van der Waals surface area contributed by atoms with Gasteiger partial charge < -0.3 is 14.5 Å². The first-order valence-electron chi connectivity index (χ1n) is 4.16. The molecule has 0 unspecified atom stereocenters. The molecule has 2 aromatic heterocycles. The van der Waals surface area contributed by atoms with E-state index >= 15 is 0 Å². The fraction of sp³-hybridized carbons (Fsp3) is 0. The van der Waals surface area contributed by atoms with Gasteiger partial charge >= 0.3 is 11.7 Å². The maximum Gasteiger partial charge on any atom is 0.354 e. The highest BCUT2D eigenvalue weighted by atomic mass is 79.9. The minimum absolute atomic E-state index is 0.267. The molecular weight excluding hydrogens is 280 g/mol. The Morgan fingerprint density at radius 1 is 1.50 bits per heavy atom. The molecule has 0 fully saturated rings. The van der Waals surface area contributed by atoms with E-state index in [9.17, 15) is 9.59 Å². The van der Waals surface area contributed by atoms with Crippen LogP contribution < -0.4 is 5.69 Å². The summed E-state index contributed by atoms with van der Waals surface area (Å²) in [6, 6.07) is 4.46. The molecule has 0 radical (unpaired) electrons. The number of furan rings is 1. The standard InChI is InChI=1S/C9H5BrN2O4/c10-7-2-1-6(16-7)4-3-5(8(13)14)12-9(15)11-4/h1-3H,(H,13,14)(H,11,12,15). The largest absolute Gasteiger partial charge is 0.477 e. The Bertz CT molecular complexity index is 602. The normalized spacial score (nSPS) is 10.3. The van der Waals surface area contributed by atoms with Crippen molar-refractivity contribution in [3.8, 4) is 11.5 Å². The minimum Gasteiger partial charge on any atom is -0.477 e. The van der Waals surface area contributed by atoms with E-state index in [4.69, 9.17) is 9.52 Å². The molecule has 0 aliphatic heterocycles. The van der Waals surface area contributed by atoms with Crippen LogP contribution in [0.5, 0.6) is 0 Å². The monoisotopic (exact) mass is 284 g/mol. The van der Waals surface area contributed by atoms with Gasteiger partial charge in [0.15, 0.2) is 16.1 Å². The smallest absolute Gasteiger partial charge is 0.354 e. The van der Waals surface area contributed by atoms with E-state index in [0.717, 1.165) is 0 Å². The number of nitrogens with zero attached hydrogens (tertiary/aromatic N) is 1. The third-order valence-electron chi connectivity index (χ3n) is 1.80. The molecule has 2 aromatic rings. The number of halogens is 1. The van der Waals surface area contributed by atoms with Crippen LogP contribution in [0.3, 0.4) is 0 Å². The summed E-state index contributed by atoms with van der Waals surface area (Å²) in [5.74, 6) is -0.910. The first-order chi connectivity index (χ1) is 7.56. The molecule has 2 heterocycles. The second kappa shape index (κ2) is 3.93. The number of aromatic nitrogens is 2. The number of carbonyl (C=O) groups is 1. The first-order valence-corrected chi connectivity index (χ1v) is 4.96. The number of aromatic amines is 1. The SMILES string of the molecule is O=C(O)c1cc(-c2ccc(Br)o2)[nH]c(=O)n1. The quantitative estimate of drug-likeness (QED) is 0.871. The molecule has 0 saturated carbocycles. The number of rotatable bonds is 2. The molecule has 0 spiro atoms. The summed E-state index contributed by atoms with van der Waals surface area (Å²) >= 11 is 3.10. The zero-order valence-electron chi connectivity index (χ0n) is 7.73. The number of H-pyrrole nitrogens is 1. The van der Waals surface area contributed by atoms with Crippen LogP contribution in [0.25, 0.3) is 11.5 Å². The number of hydrogen-bond acceptors (Lipinski definition) is 4. The summed E-state index contributed by atoms with van der Waals surface area (Å²) in [4.78, 5) is 27.5.